The zero-order chi connectivity index (χ0) is 22.1. The van der Waals surface area contributed by atoms with Crippen molar-refractivity contribution in [1.82, 2.24) is 9.55 Å². The van der Waals surface area contributed by atoms with E-state index in [1.165, 1.54) is 27.9 Å². The highest BCUT2D eigenvalue weighted by molar-refractivity contribution is 5.84. The number of para-hydroxylation sites is 4. The van der Waals surface area contributed by atoms with Gasteiger partial charge in [-0.15, -0.1) is 0 Å². The van der Waals surface area contributed by atoms with Crippen LogP contribution in [-0.2, 0) is 0 Å². The highest BCUT2D eigenvalue weighted by atomic mass is 16.7. The minimum Gasteiger partial charge on any atom is -0.454 e. The maximum Gasteiger partial charge on any atom is 0.252 e. The second-order valence-electron chi connectivity index (χ2n) is 8.87. The van der Waals surface area contributed by atoms with Crippen molar-refractivity contribution < 1.29 is 9.47 Å². The monoisotopic (exact) mass is 430 g/mol. The van der Waals surface area contributed by atoms with Crippen LogP contribution < -0.4 is 9.47 Å². The molecule has 0 spiro atoms. The predicted molar refractivity (Wildman–Crippen MR) is 129 cm³/mol. The second-order valence-corrected chi connectivity index (χ2v) is 8.87. The molecule has 4 nitrogen and oxygen atoms in total. The Morgan fingerprint density at radius 1 is 0.727 bits per heavy atom. The lowest BCUT2D eigenvalue weighted by molar-refractivity contribution is 0.0330. The Bertz CT molecular complexity index is 1550. The van der Waals surface area contributed by atoms with Crippen molar-refractivity contribution in [3.63, 3.8) is 0 Å². The number of nitrogens with zero attached hydrogens (tertiary/aromatic N) is 2. The summed E-state index contributed by atoms with van der Waals surface area (Å²) < 4.78 is 14.7. The van der Waals surface area contributed by atoms with Crippen molar-refractivity contribution in [2.24, 2.45) is 0 Å². The van der Waals surface area contributed by atoms with Gasteiger partial charge in [-0.2, -0.15) is 0 Å². The molecule has 160 valence electrons. The molecular weight excluding hydrogens is 408 g/mol. The first kappa shape index (κ1) is 18.5. The molecule has 4 aromatic carbocycles. The SMILES string of the molecule is Cc1cccc(C)c1-n1c(-c2ccc3c(c2)OC2Oc4ccccc4C32)nc2ccccc21. The van der Waals surface area contributed by atoms with Crippen LogP contribution in [0, 0.1) is 13.8 Å². The first-order valence-electron chi connectivity index (χ1n) is 11.3. The Morgan fingerprint density at radius 3 is 2.33 bits per heavy atom. The van der Waals surface area contributed by atoms with E-state index in [0.29, 0.717) is 0 Å². The number of imidazole rings is 1. The molecule has 33 heavy (non-hydrogen) atoms. The minimum atomic E-state index is -0.301. The fourth-order valence-corrected chi connectivity index (χ4v) is 5.35. The number of ether oxygens (including phenoxy) is 2. The van der Waals surface area contributed by atoms with Gasteiger partial charge in [0, 0.05) is 16.7 Å². The summed E-state index contributed by atoms with van der Waals surface area (Å²) in [6.45, 7) is 4.31. The van der Waals surface area contributed by atoms with Gasteiger partial charge in [0.2, 0.25) is 0 Å². The maximum absolute atomic E-state index is 6.28. The molecule has 0 aliphatic carbocycles. The third-order valence-corrected chi connectivity index (χ3v) is 6.84. The van der Waals surface area contributed by atoms with Crippen LogP contribution in [0.15, 0.2) is 84.9 Å². The zero-order valence-electron chi connectivity index (χ0n) is 18.4. The number of hydrogen-bond acceptors (Lipinski definition) is 3. The topological polar surface area (TPSA) is 36.3 Å². The van der Waals surface area contributed by atoms with E-state index in [-0.39, 0.29) is 12.2 Å². The van der Waals surface area contributed by atoms with Crippen molar-refractivity contribution in [2.75, 3.05) is 0 Å². The number of aromatic nitrogens is 2. The molecule has 0 fully saturated rings. The van der Waals surface area contributed by atoms with Gasteiger partial charge in [-0.05, 0) is 49.2 Å². The normalized spacial score (nSPS) is 17.9. The Balaban J connectivity index is 1.42. The van der Waals surface area contributed by atoms with Gasteiger partial charge in [0.15, 0.2) is 0 Å². The Morgan fingerprint density at radius 2 is 1.45 bits per heavy atom. The summed E-state index contributed by atoms with van der Waals surface area (Å²) in [5.41, 5.74) is 9.08. The molecule has 0 saturated carbocycles. The van der Waals surface area contributed by atoms with E-state index in [4.69, 9.17) is 14.5 Å². The fourth-order valence-electron chi connectivity index (χ4n) is 5.35. The molecule has 2 unspecified atom stereocenters. The largest absolute Gasteiger partial charge is 0.454 e. The standard InChI is InChI=1S/C29H22N2O2/c1-17-8-7-9-18(2)27(17)31-23-12-5-4-11-22(23)30-28(31)19-14-15-21-25(16-19)33-29-26(21)20-10-3-6-13-24(20)32-29/h3-16,26,29H,1-2H3. The summed E-state index contributed by atoms with van der Waals surface area (Å²) in [6, 6.07) is 29.4. The molecule has 0 N–H and O–H groups in total. The zero-order valence-corrected chi connectivity index (χ0v) is 18.4. The molecule has 0 amide bonds. The molecular formula is C29H22N2O2. The molecule has 2 atom stereocenters. The fraction of sp³-hybridized carbons (Fsp3) is 0.138. The van der Waals surface area contributed by atoms with E-state index >= 15 is 0 Å². The Hall–Kier alpha value is -4.05. The van der Waals surface area contributed by atoms with Crippen LogP contribution in [0.2, 0.25) is 0 Å². The van der Waals surface area contributed by atoms with Crippen LogP contribution in [0.1, 0.15) is 28.2 Å². The van der Waals surface area contributed by atoms with Gasteiger partial charge in [-0.25, -0.2) is 4.98 Å². The lowest BCUT2D eigenvalue weighted by Gasteiger charge is -2.16. The maximum atomic E-state index is 6.28. The summed E-state index contributed by atoms with van der Waals surface area (Å²) >= 11 is 0. The molecule has 1 aromatic heterocycles. The van der Waals surface area contributed by atoms with Crippen molar-refractivity contribution in [1.29, 1.82) is 0 Å². The van der Waals surface area contributed by atoms with E-state index in [0.717, 1.165) is 33.9 Å². The van der Waals surface area contributed by atoms with Crippen molar-refractivity contribution >= 4 is 11.0 Å². The number of aryl methyl sites for hydroxylation is 2. The molecule has 7 rings (SSSR count). The number of rotatable bonds is 2. The lowest BCUT2D eigenvalue weighted by Crippen LogP contribution is -2.19. The minimum absolute atomic E-state index is 0.114. The number of benzene rings is 4. The van der Waals surface area contributed by atoms with Crippen LogP contribution in [0.4, 0.5) is 0 Å². The molecule has 0 radical (unpaired) electrons. The number of hydrogen-bond donors (Lipinski definition) is 0. The smallest absolute Gasteiger partial charge is 0.252 e. The van der Waals surface area contributed by atoms with Gasteiger partial charge in [0.1, 0.15) is 17.3 Å². The quantitative estimate of drug-likeness (QED) is 0.319. The van der Waals surface area contributed by atoms with Crippen LogP contribution in [0.25, 0.3) is 28.1 Å². The van der Waals surface area contributed by atoms with E-state index < -0.39 is 0 Å². The summed E-state index contributed by atoms with van der Waals surface area (Å²) in [7, 11) is 0. The van der Waals surface area contributed by atoms with Crippen molar-refractivity contribution in [3.8, 4) is 28.6 Å². The third kappa shape index (κ3) is 2.61. The summed E-state index contributed by atoms with van der Waals surface area (Å²) in [5, 5.41) is 0. The van der Waals surface area contributed by atoms with Crippen molar-refractivity contribution in [3.05, 3.63) is 107 Å². The van der Waals surface area contributed by atoms with E-state index in [2.05, 4.69) is 85.1 Å². The molecule has 2 aliphatic rings. The molecule has 3 heterocycles. The van der Waals surface area contributed by atoms with Crippen LogP contribution >= 0.6 is 0 Å². The predicted octanol–water partition coefficient (Wildman–Crippen LogP) is 6.55. The summed E-state index contributed by atoms with van der Waals surface area (Å²) in [6.07, 6.45) is -0.301. The lowest BCUT2D eigenvalue weighted by atomic mass is 9.92. The molecule has 5 aromatic rings. The van der Waals surface area contributed by atoms with Gasteiger partial charge in [0.25, 0.3) is 6.29 Å². The highest BCUT2D eigenvalue weighted by Gasteiger charge is 2.43. The highest BCUT2D eigenvalue weighted by Crippen LogP contribution is 2.51. The molecule has 0 bridgehead atoms. The van der Waals surface area contributed by atoms with Gasteiger partial charge in [-0.1, -0.05) is 60.7 Å². The van der Waals surface area contributed by atoms with Gasteiger partial charge < -0.3 is 9.47 Å². The molecule has 4 heteroatoms. The van der Waals surface area contributed by atoms with Crippen LogP contribution in [0.5, 0.6) is 11.5 Å². The Kier molecular flexibility index (Phi) is 3.77. The van der Waals surface area contributed by atoms with Gasteiger partial charge in [-0.3, -0.25) is 4.57 Å². The average molecular weight is 431 g/mol. The average Bonchev–Trinajstić information content (AvgIpc) is 3.48. The Labute approximate surface area is 192 Å². The van der Waals surface area contributed by atoms with Crippen LogP contribution in [-0.4, -0.2) is 15.8 Å². The van der Waals surface area contributed by atoms with E-state index in [1.54, 1.807) is 0 Å². The molecule has 0 saturated heterocycles. The summed E-state index contributed by atoms with van der Waals surface area (Å²) in [4.78, 5) is 5.05. The second kappa shape index (κ2) is 6.72. The van der Waals surface area contributed by atoms with Gasteiger partial charge >= 0.3 is 0 Å². The van der Waals surface area contributed by atoms with E-state index in [9.17, 15) is 0 Å². The first-order chi connectivity index (χ1) is 16.2. The third-order valence-electron chi connectivity index (χ3n) is 6.84. The van der Waals surface area contributed by atoms with Crippen molar-refractivity contribution in [2.45, 2.75) is 26.1 Å². The number of fused-ring (bicyclic) bond motifs is 6. The molecule has 2 aliphatic heterocycles. The van der Waals surface area contributed by atoms with Gasteiger partial charge in [0.05, 0.1) is 22.6 Å². The first-order valence-corrected chi connectivity index (χ1v) is 11.3. The summed E-state index contributed by atoms with van der Waals surface area (Å²) in [5.74, 6) is 2.82. The van der Waals surface area contributed by atoms with Crippen LogP contribution in [0.3, 0.4) is 0 Å². The van der Waals surface area contributed by atoms with E-state index in [1.807, 2.05) is 18.2 Å².